The molecule has 0 aromatic heterocycles. The molecular formula is C2HCl2O2Tl. The van der Waals surface area contributed by atoms with Crippen LogP contribution in [0.5, 0.6) is 0 Å². The maximum absolute atomic E-state index is 9.32. The van der Waals surface area contributed by atoms with Crippen LogP contribution in [0, 0.1) is 0 Å². The number of alkyl halides is 2. The fourth-order valence-electron chi connectivity index (χ4n) is 0. The van der Waals surface area contributed by atoms with Gasteiger partial charge in [-0.2, -0.15) is 0 Å². The van der Waals surface area contributed by atoms with Gasteiger partial charge in [-0.3, -0.25) is 0 Å². The van der Waals surface area contributed by atoms with E-state index in [1.54, 1.807) is 0 Å². The third kappa shape index (κ3) is 6.97. The van der Waals surface area contributed by atoms with Crippen LogP contribution in [-0.2, 0) is 4.79 Å². The number of halogens is 2. The zero-order chi connectivity index (χ0) is 5.15. The first-order valence-electron chi connectivity index (χ1n) is 1.13. The first-order valence-corrected chi connectivity index (χ1v) is 2.01. The van der Waals surface area contributed by atoms with E-state index in [0.29, 0.717) is 0 Å². The average molecular weight is 332 g/mol. The van der Waals surface area contributed by atoms with E-state index >= 15 is 0 Å². The van der Waals surface area contributed by atoms with Crippen LogP contribution in [0.3, 0.4) is 0 Å². The summed E-state index contributed by atoms with van der Waals surface area (Å²) >= 11 is 9.43. The van der Waals surface area contributed by atoms with Crippen molar-refractivity contribution in [2.75, 3.05) is 0 Å². The Labute approximate surface area is 70.9 Å². The standard InChI is InChI=1S/C2H2Cl2O2.Tl/c3-1(4)2(5)6;/h1H,(H,5,6);/q;+1/p-1. The Morgan fingerprint density at radius 1 is 1.57 bits per heavy atom. The summed E-state index contributed by atoms with van der Waals surface area (Å²) in [5.41, 5.74) is 0. The Hall–Kier alpha value is 0.972. The van der Waals surface area contributed by atoms with Gasteiger partial charge in [0.25, 0.3) is 0 Å². The van der Waals surface area contributed by atoms with Crippen molar-refractivity contribution < 1.29 is 9.90 Å². The molecule has 0 unspecified atom stereocenters. The van der Waals surface area contributed by atoms with E-state index in [1.807, 2.05) is 0 Å². The summed E-state index contributed by atoms with van der Waals surface area (Å²) in [5.74, 6) is -1.46. The molecule has 38 valence electrons. The summed E-state index contributed by atoms with van der Waals surface area (Å²) in [5, 5.41) is 9.32. The molecule has 0 saturated heterocycles. The predicted octanol–water partition coefficient (Wildman–Crippen LogP) is -0.841. The number of carbonyl (C=O) groups excluding carboxylic acids is 1. The van der Waals surface area contributed by atoms with Gasteiger partial charge < -0.3 is 9.90 Å². The molecule has 0 aliphatic rings. The van der Waals surface area contributed by atoms with Gasteiger partial charge in [-0.25, -0.2) is 0 Å². The normalized spacial score (nSPS) is 7.86. The molecule has 0 heterocycles. The molecule has 0 aromatic rings. The largest absolute Gasteiger partial charge is 1.00 e. The molecule has 0 amide bonds. The monoisotopic (exact) mass is 332 g/mol. The van der Waals surface area contributed by atoms with Gasteiger partial charge in [0.05, 0.1) is 5.97 Å². The van der Waals surface area contributed by atoms with Crippen molar-refractivity contribution in [2.24, 2.45) is 0 Å². The summed E-state index contributed by atoms with van der Waals surface area (Å²) in [4.78, 5) is 7.93. The fraction of sp³-hybridized carbons (Fsp3) is 0.500. The molecule has 0 aliphatic heterocycles. The number of aliphatic carboxylic acids is 1. The first-order chi connectivity index (χ1) is 2.64. The summed E-state index contributed by atoms with van der Waals surface area (Å²) < 4.78 is 0. The van der Waals surface area contributed by atoms with Crippen LogP contribution in [0.25, 0.3) is 0 Å². The Bertz CT molecular complexity index is 64.7. The minimum Gasteiger partial charge on any atom is -0.547 e. The molecule has 0 spiro atoms. The summed E-state index contributed by atoms with van der Waals surface area (Å²) in [7, 11) is 0. The number of carboxylic acid groups (broad SMARTS) is 1. The van der Waals surface area contributed by atoms with Crippen molar-refractivity contribution >= 4 is 56.5 Å². The summed E-state index contributed by atoms with van der Waals surface area (Å²) in [6.07, 6.45) is 0. The zero-order valence-electron chi connectivity index (χ0n) is 3.23. The van der Waals surface area contributed by atoms with Crippen molar-refractivity contribution in [1.82, 2.24) is 0 Å². The van der Waals surface area contributed by atoms with Gasteiger partial charge in [0.15, 0.2) is 0 Å². The second-order valence-corrected chi connectivity index (χ2v) is 1.72. The van der Waals surface area contributed by atoms with E-state index in [1.165, 1.54) is 0 Å². The minimum atomic E-state index is -1.46. The van der Waals surface area contributed by atoms with Gasteiger partial charge in [0.1, 0.15) is 4.84 Å². The smallest absolute Gasteiger partial charge is 0.547 e. The van der Waals surface area contributed by atoms with E-state index in [4.69, 9.17) is 23.2 Å². The number of hydrogen-bond acceptors (Lipinski definition) is 2. The summed E-state index contributed by atoms with van der Waals surface area (Å²) in [6, 6.07) is 0. The number of rotatable bonds is 1. The van der Waals surface area contributed by atoms with Gasteiger partial charge in [-0.15, -0.1) is 0 Å². The molecule has 0 fully saturated rings. The Kier molecular flexibility index (Phi) is 7.94. The van der Waals surface area contributed by atoms with Crippen LogP contribution >= 0.6 is 23.2 Å². The maximum Gasteiger partial charge on any atom is 1.00 e. The van der Waals surface area contributed by atoms with Gasteiger partial charge in [0.2, 0.25) is 0 Å². The molecule has 0 aromatic carbocycles. The SMILES string of the molecule is O=C([O-])C(Cl)Cl.[Tl+]. The van der Waals surface area contributed by atoms with E-state index in [2.05, 4.69) is 0 Å². The Balaban J connectivity index is 0. The molecule has 5 heteroatoms. The van der Waals surface area contributed by atoms with Gasteiger partial charge in [-0.05, 0) is 0 Å². The van der Waals surface area contributed by atoms with E-state index in [9.17, 15) is 9.90 Å². The van der Waals surface area contributed by atoms with Gasteiger partial charge in [-0.1, -0.05) is 23.2 Å². The number of carbonyl (C=O) groups is 1. The molecular weight excluding hydrogens is 331 g/mol. The van der Waals surface area contributed by atoms with E-state index < -0.39 is 10.8 Å². The molecule has 0 saturated carbocycles. The summed E-state index contributed by atoms with van der Waals surface area (Å²) in [6.45, 7) is 0. The second kappa shape index (κ2) is 5.12. The predicted molar refractivity (Wildman–Crippen MR) is 26.3 cm³/mol. The number of carboxylic acids is 1. The second-order valence-electron chi connectivity index (χ2n) is 0.620. The molecule has 0 atom stereocenters. The van der Waals surface area contributed by atoms with Gasteiger partial charge >= 0.3 is 27.3 Å². The Morgan fingerprint density at radius 2 is 1.71 bits per heavy atom. The fourth-order valence-corrected chi connectivity index (χ4v) is 0. The van der Waals surface area contributed by atoms with Crippen LogP contribution < -0.4 is 5.11 Å². The van der Waals surface area contributed by atoms with Crippen LogP contribution in [-0.4, -0.2) is 38.1 Å². The van der Waals surface area contributed by atoms with Crippen LogP contribution in [0.15, 0.2) is 0 Å². The van der Waals surface area contributed by atoms with Crippen molar-refractivity contribution in [1.29, 1.82) is 0 Å². The van der Waals surface area contributed by atoms with E-state index in [0.717, 1.165) is 0 Å². The van der Waals surface area contributed by atoms with Crippen molar-refractivity contribution in [3.63, 3.8) is 0 Å². The van der Waals surface area contributed by atoms with Crippen LogP contribution in [0.4, 0.5) is 0 Å². The molecule has 0 aliphatic carbocycles. The third-order valence-corrected chi connectivity index (χ3v) is 0.535. The van der Waals surface area contributed by atoms with Crippen LogP contribution in [0.1, 0.15) is 0 Å². The maximum atomic E-state index is 9.32. The quantitative estimate of drug-likeness (QED) is 0.464. The van der Waals surface area contributed by atoms with Gasteiger partial charge in [0, 0.05) is 0 Å². The van der Waals surface area contributed by atoms with E-state index in [-0.39, 0.29) is 27.3 Å². The molecule has 0 N–H and O–H groups in total. The topological polar surface area (TPSA) is 40.1 Å². The third-order valence-electron chi connectivity index (χ3n) is 0.178. The molecule has 0 bridgehead atoms. The molecule has 0 radical (unpaired) electrons. The van der Waals surface area contributed by atoms with Crippen molar-refractivity contribution in [3.05, 3.63) is 0 Å². The minimum absolute atomic E-state index is 0. The molecule has 0 rings (SSSR count). The number of hydrogen-bond donors (Lipinski definition) is 0. The molecule has 2 nitrogen and oxygen atoms in total. The van der Waals surface area contributed by atoms with Crippen molar-refractivity contribution in [2.45, 2.75) is 4.84 Å². The van der Waals surface area contributed by atoms with Crippen molar-refractivity contribution in [3.8, 4) is 0 Å². The molecule has 7 heavy (non-hydrogen) atoms. The van der Waals surface area contributed by atoms with Crippen LogP contribution in [0.2, 0.25) is 0 Å². The first kappa shape index (κ1) is 10.9. The average Bonchev–Trinajstić information content (AvgIpc) is 1.36. The Morgan fingerprint density at radius 3 is 1.71 bits per heavy atom. The zero-order valence-corrected chi connectivity index (χ0v) is 9.23.